The summed E-state index contributed by atoms with van der Waals surface area (Å²) in [5, 5.41) is 2.99. The molecule has 10 heavy (non-hydrogen) atoms. The van der Waals surface area contributed by atoms with E-state index >= 15 is 0 Å². The van der Waals surface area contributed by atoms with Gasteiger partial charge in [0.2, 0.25) is 0 Å². The van der Waals surface area contributed by atoms with Crippen molar-refractivity contribution in [2.24, 2.45) is 5.92 Å². The number of nitrogens with one attached hydrogen (secondary N) is 1. The molecule has 0 aromatic carbocycles. The molecule has 0 heterocycles. The minimum absolute atomic E-state index is 0. The zero-order valence-electron chi connectivity index (χ0n) is 6.22. The summed E-state index contributed by atoms with van der Waals surface area (Å²) in [5.41, 5.74) is 0. The zero-order chi connectivity index (χ0) is 6.69. The van der Waals surface area contributed by atoms with Crippen molar-refractivity contribution in [3.63, 3.8) is 0 Å². The molecule has 2 unspecified atom stereocenters. The Balaban J connectivity index is 0.000000810. The van der Waals surface area contributed by atoms with Gasteiger partial charge in [-0.25, -0.2) is 0 Å². The molecule has 1 nitrogen and oxygen atoms in total. The Morgan fingerprint density at radius 3 is 2.30 bits per heavy atom. The average Bonchev–Trinajstić information content (AvgIpc) is 1.89. The first-order chi connectivity index (χ1) is 4.34. The van der Waals surface area contributed by atoms with Crippen LogP contribution in [0, 0.1) is 19.9 Å². The van der Waals surface area contributed by atoms with Crippen molar-refractivity contribution >= 4 is 0 Å². The summed E-state index contributed by atoms with van der Waals surface area (Å²) in [5.74, 6) is 0.507. The van der Waals surface area contributed by atoms with Gasteiger partial charge in [0.1, 0.15) is 0 Å². The molecule has 2 atom stereocenters. The van der Waals surface area contributed by atoms with Gasteiger partial charge < -0.3 is 12.2 Å². The van der Waals surface area contributed by atoms with E-state index in [4.69, 9.17) is 0 Å². The van der Waals surface area contributed by atoms with Crippen LogP contribution in [-0.2, 0) is 32.7 Å². The average molecular weight is 212 g/mol. The molecule has 0 saturated carbocycles. The SMILES string of the molecule is [CH2-]NC1CC=CCC1[CH2-].[Y]. The molecule has 1 radical (unpaired) electrons. The maximum Gasteiger partial charge on any atom is 0 e. The molecule has 0 amide bonds. The fraction of sp³-hybridized carbons (Fsp3) is 0.500. The van der Waals surface area contributed by atoms with E-state index in [9.17, 15) is 0 Å². The Morgan fingerprint density at radius 1 is 1.30 bits per heavy atom. The summed E-state index contributed by atoms with van der Waals surface area (Å²) in [6.45, 7) is 4.00. The molecular weight excluding hydrogens is 199 g/mol. The molecule has 0 fully saturated rings. The smallest absolute Gasteiger partial charge is 0 e. The van der Waals surface area contributed by atoms with Crippen LogP contribution in [0.25, 0.3) is 0 Å². The second kappa shape index (κ2) is 5.45. The standard InChI is InChI=1S/C8H13N.Y/c1-7-5-3-4-6-8(7)9-2;/h3-4,7-9H,1-2,5-6H2;/q-2;. The van der Waals surface area contributed by atoms with Gasteiger partial charge in [0, 0.05) is 32.7 Å². The molecule has 0 aromatic heterocycles. The van der Waals surface area contributed by atoms with Crippen molar-refractivity contribution in [3.8, 4) is 0 Å². The summed E-state index contributed by atoms with van der Waals surface area (Å²) in [4.78, 5) is 0. The predicted octanol–water partition coefficient (Wildman–Crippen LogP) is 1.53. The van der Waals surface area contributed by atoms with Gasteiger partial charge in [-0.1, -0.05) is 18.6 Å². The second-order valence-electron chi connectivity index (χ2n) is 2.51. The van der Waals surface area contributed by atoms with Gasteiger partial charge >= 0.3 is 0 Å². The van der Waals surface area contributed by atoms with Crippen molar-refractivity contribution in [1.29, 1.82) is 0 Å². The summed E-state index contributed by atoms with van der Waals surface area (Å²) < 4.78 is 0. The molecule has 0 bridgehead atoms. The van der Waals surface area contributed by atoms with Crippen LogP contribution < -0.4 is 5.32 Å². The molecule has 0 saturated heterocycles. The number of allylic oxidation sites excluding steroid dienone is 1. The summed E-state index contributed by atoms with van der Waals surface area (Å²) in [7, 11) is 3.64. The van der Waals surface area contributed by atoms with Gasteiger partial charge in [-0.3, -0.25) is 7.05 Å². The monoisotopic (exact) mass is 212 g/mol. The molecular formula is C8H13NY-2. The normalized spacial score (nSPS) is 31.4. The van der Waals surface area contributed by atoms with Crippen LogP contribution in [0.4, 0.5) is 0 Å². The molecule has 0 aromatic rings. The zero-order valence-corrected chi connectivity index (χ0v) is 9.05. The first-order valence-electron chi connectivity index (χ1n) is 3.35. The fourth-order valence-electron chi connectivity index (χ4n) is 1.12. The van der Waals surface area contributed by atoms with Crippen LogP contribution in [0.15, 0.2) is 12.2 Å². The second-order valence-corrected chi connectivity index (χ2v) is 2.51. The Bertz CT molecular complexity index is 112. The van der Waals surface area contributed by atoms with Gasteiger partial charge in [-0.2, -0.15) is 5.92 Å². The van der Waals surface area contributed by atoms with Gasteiger partial charge in [-0.15, -0.1) is 0 Å². The number of rotatable bonds is 1. The Morgan fingerprint density at radius 2 is 1.90 bits per heavy atom. The topological polar surface area (TPSA) is 12.0 Å². The van der Waals surface area contributed by atoms with Crippen LogP contribution in [-0.4, -0.2) is 6.04 Å². The molecule has 1 aliphatic rings. The van der Waals surface area contributed by atoms with E-state index in [2.05, 4.69) is 31.4 Å². The van der Waals surface area contributed by atoms with E-state index in [1.54, 1.807) is 0 Å². The van der Waals surface area contributed by atoms with Crippen LogP contribution in [0.3, 0.4) is 0 Å². The van der Waals surface area contributed by atoms with E-state index < -0.39 is 0 Å². The van der Waals surface area contributed by atoms with Crippen LogP contribution in [0.5, 0.6) is 0 Å². The molecule has 2 heteroatoms. The van der Waals surface area contributed by atoms with Gasteiger partial charge in [0.25, 0.3) is 0 Å². The van der Waals surface area contributed by atoms with Crippen LogP contribution in [0.2, 0.25) is 0 Å². The summed E-state index contributed by atoms with van der Waals surface area (Å²) in [6, 6.07) is 0.495. The fourth-order valence-corrected chi connectivity index (χ4v) is 1.12. The maximum atomic E-state index is 4.00. The van der Waals surface area contributed by atoms with Crippen molar-refractivity contribution in [1.82, 2.24) is 5.32 Å². The molecule has 55 valence electrons. The first kappa shape index (κ1) is 10.8. The molecule has 0 aliphatic heterocycles. The Labute approximate surface area is 88.5 Å². The van der Waals surface area contributed by atoms with Gasteiger partial charge in [0.05, 0.1) is 0 Å². The summed E-state index contributed by atoms with van der Waals surface area (Å²) >= 11 is 0. The van der Waals surface area contributed by atoms with Crippen molar-refractivity contribution < 1.29 is 32.7 Å². The molecule has 0 spiro atoms. The minimum Gasteiger partial charge on any atom is -0.472 e. The quantitative estimate of drug-likeness (QED) is 0.513. The van der Waals surface area contributed by atoms with E-state index in [1.165, 1.54) is 0 Å². The molecule has 1 N–H and O–H groups in total. The molecule has 1 rings (SSSR count). The Kier molecular flexibility index (Phi) is 5.89. The number of hydrogen-bond donors (Lipinski definition) is 1. The van der Waals surface area contributed by atoms with E-state index in [0.717, 1.165) is 12.8 Å². The van der Waals surface area contributed by atoms with Crippen molar-refractivity contribution in [2.45, 2.75) is 18.9 Å². The minimum atomic E-state index is 0. The number of hydrogen-bond acceptors (Lipinski definition) is 1. The summed E-state index contributed by atoms with van der Waals surface area (Å²) in [6.07, 6.45) is 6.54. The van der Waals surface area contributed by atoms with Gasteiger partial charge in [-0.05, 0) is 12.5 Å². The van der Waals surface area contributed by atoms with Crippen molar-refractivity contribution in [2.75, 3.05) is 0 Å². The van der Waals surface area contributed by atoms with E-state index in [-0.39, 0.29) is 32.7 Å². The van der Waals surface area contributed by atoms with Crippen LogP contribution in [0.1, 0.15) is 12.8 Å². The van der Waals surface area contributed by atoms with E-state index in [0.29, 0.717) is 12.0 Å². The van der Waals surface area contributed by atoms with E-state index in [1.807, 2.05) is 0 Å². The van der Waals surface area contributed by atoms with Crippen molar-refractivity contribution in [3.05, 3.63) is 26.1 Å². The largest absolute Gasteiger partial charge is 0.472 e. The first-order valence-corrected chi connectivity index (χ1v) is 3.35. The molecule has 1 aliphatic carbocycles. The third-order valence-corrected chi connectivity index (χ3v) is 1.83. The third kappa shape index (κ3) is 2.81. The third-order valence-electron chi connectivity index (χ3n) is 1.83. The Hall–Kier alpha value is 0.804. The maximum absolute atomic E-state index is 4.00. The van der Waals surface area contributed by atoms with Crippen LogP contribution >= 0.6 is 0 Å². The van der Waals surface area contributed by atoms with Gasteiger partial charge in [0.15, 0.2) is 0 Å². The predicted molar refractivity (Wildman–Crippen MR) is 39.5 cm³/mol.